The van der Waals surface area contributed by atoms with Crippen LogP contribution in [-0.4, -0.2) is 24.2 Å². The molecule has 0 radical (unpaired) electrons. The Bertz CT molecular complexity index is 766. The lowest BCUT2D eigenvalue weighted by molar-refractivity contribution is 0.144. The minimum Gasteiger partial charge on any atom is -0.487 e. The molecular weight excluding hydrogens is 302 g/mol. The molecule has 1 fully saturated rings. The summed E-state index contributed by atoms with van der Waals surface area (Å²) in [5, 5.41) is 9.22. The van der Waals surface area contributed by atoms with Crippen molar-refractivity contribution in [1.82, 2.24) is 10.3 Å². The zero-order valence-electron chi connectivity index (χ0n) is 12.4. The zero-order chi connectivity index (χ0) is 15.7. The molecule has 1 saturated heterocycles. The van der Waals surface area contributed by atoms with Gasteiger partial charge in [0.15, 0.2) is 0 Å². The molecule has 7 heteroatoms. The van der Waals surface area contributed by atoms with Gasteiger partial charge in [-0.2, -0.15) is 0 Å². The van der Waals surface area contributed by atoms with Gasteiger partial charge < -0.3 is 10.1 Å². The molecule has 0 aliphatic carbocycles. The first-order valence-corrected chi connectivity index (χ1v) is 7.41. The van der Waals surface area contributed by atoms with Gasteiger partial charge in [-0.25, -0.2) is 4.98 Å². The van der Waals surface area contributed by atoms with E-state index in [0.29, 0.717) is 5.15 Å². The van der Waals surface area contributed by atoms with E-state index in [4.69, 9.17) is 21.9 Å². The predicted molar refractivity (Wildman–Crippen MR) is 86.2 cm³/mol. The number of aromatic nitrogens is 1. The maximum Gasteiger partial charge on any atom is 0.129 e. The van der Waals surface area contributed by atoms with E-state index in [-0.39, 0.29) is 6.10 Å². The van der Waals surface area contributed by atoms with Gasteiger partial charge in [-0.05, 0) is 28.6 Å². The van der Waals surface area contributed by atoms with Crippen molar-refractivity contribution in [2.75, 3.05) is 13.1 Å². The summed E-state index contributed by atoms with van der Waals surface area (Å²) in [6.07, 6.45) is 1.88. The van der Waals surface area contributed by atoms with Crippen LogP contribution in [0.2, 0.25) is 5.15 Å². The van der Waals surface area contributed by atoms with Crippen molar-refractivity contribution in [2.45, 2.75) is 25.5 Å². The molecular formula is C15H16ClN5O. The summed E-state index contributed by atoms with van der Waals surface area (Å²) >= 11 is 6.05. The fraction of sp³-hybridized carbons (Fsp3) is 0.400. The lowest BCUT2D eigenvalue weighted by Crippen LogP contribution is -2.50. The molecule has 114 valence electrons. The molecule has 0 amide bonds. The molecule has 1 N–H and O–H groups in total. The number of ether oxygens (including phenoxy) is 1. The minimum atomic E-state index is -0.686. The number of halogens is 1. The highest BCUT2D eigenvalue weighted by Crippen LogP contribution is 2.37. The number of pyridine rings is 1. The van der Waals surface area contributed by atoms with E-state index in [1.54, 1.807) is 12.3 Å². The Morgan fingerprint density at radius 2 is 2.18 bits per heavy atom. The minimum absolute atomic E-state index is 0.176. The molecule has 6 nitrogen and oxygen atoms in total. The predicted octanol–water partition coefficient (Wildman–Crippen LogP) is 3.78. The van der Waals surface area contributed by atoms with Gasteiger partial charge in [-0.1, -0.05) is 36.6 Å². The average molecular weight is 318 g/mol. The number of fused-ring (bicyclic) bond motifs is 1. The third-order valence-corrected chi connectivity index (χ3v) is 4.03. The van der Waals surface area contributed by atoms with E-state index < -0.39 is 5.54 Å². The van der Waals surface area contributed by atoms with Gasteiger partial charge >= 0.3 is 0 Å². The maximum atomic E-state index is 8.79. The van der Waals surface area contributed by atoms with E-state index in [9.17, 15) is 0 Å². The Balaban J connectivity index is 2.16. The zero-order valence-corrected chi connectivity index (χ0v) is 13.1. The van der Waals surface area contributed by atoms with Gasteiger partial charge in [-0.15, -0.1) is 0 Å². The highest BCUT2D eigenvalue weighted by Gasteiger charge is 2.24. The van der Waals surface area contributed by atoms with Crippen LogP contribution in [0.25, 0.3) is 21.2 Å². The van der Waals surface area contributed by atoms with Crippen LogP contribution in [0.5, 0.6) is 5.75 Å². The van der Waals surface area contributed by atoms with Crippen molar-refractivity contribution in [3.05, 3.63) is 45.6 Å². The fourth-order valence-corrected chi connectivity index (χ4v) is 2.67. The van der Waals surface area contributed by atoms with Gasteiger partial charge in [-0.3, -0.25) is 0 Å². The second-order valence-corrected chi connectivity index (χ2v) is 6.20. The van der Waals surface area contributed by atoms with Crippen molar-refractivity contribution in [2.24, 2.45) is 5.11 Å². The summed E-state index contributed by atoms with van der Waals surface area (Å²) in [5.41, 5.74) is 9.00. The molecule has 3 rings (SSSR count). The van der Waals surface area contributed by atoms with Gasteiger partial charge in [0.25, 0.3) is 0 Å². The molecule has 2 aromatic rings. The smallest absolute Gasteiger partial charge is 0.129 e. The molecule has 1 aliphatic heterocycles. The molecule has 22 heavy (non-hydrogen) atoms. The number of benzene rings is 1. The Morgan fingerprint density at radius 3 is 2.82 bits per heavy atom. The van der Waals surface area contributed by atoms with Crippen molar-refractivity contribution >= 4 is 22.4 Å². The lowest BCUT2D eigenvalue weighted by atomic mass is 9.90. The summed E-state index contributed by atoms with van der Waals surface area (Å²) in [4.78, 5) is 7.10. The fourth-order valence-electron chi connectivity index (χ4n) is 2.51. The van der Waals surface area contributed by atoms with Crippen LogP contribution >= 0.6 is 11.6 Å². The Labute approximate surface area is 133 Å². The SMILES string of the molecule is CC(C)(N=[N+]=[N-])c1ccc(OC2CNC2)c2cnc(Cl)cc12. The van der Waals surface area contributed by atoms with Crippen LogP contribution in [0.4, 0.5) is 0 Å². The van der Waals surface area contributed by atoms with Crippen LogP contribution in [0.15, 0.2) is 29.5 Å². The summed E-state index contributed by atoms with van der Waals surface area (Å²) < 4.78 is 5.98. The standard InChI is InChI=1S/C15H16ClN5O/c1-15(2,20-21-17)12-3-4-13(22-9-6-18-7-9)11-8-19-14(16)5-10(11)12/h3-5,8-9,18H,6-7H2,1-2H3. The molecule has 0 spiro atoms. The Morgan fingerprint density at radius 1 is 1.41 bits per heavy atom. The number of nitrogens with one attached hydrogen (secondary N) is 1. The van der Waals surface area contributed by atoms with Gasteiger partial charge in [0.1, 0.15) is 17.0 Å². The first-order valence-electron chi connectivity index (χ1n) is 7.03. The van der Waals surface area contributed by atoms with Crippen molar-refractivity contribution in [3.8, 4) is 5.75 Å². The number of hydrogen-bond donors (Lipinski definition) is 1. The topological polar surface area (TPSA) is 82.9 Å². The highest BCUT2D eigenvalue weighted by molar-refractivity contribution is 6.30. The normalized spacial score (nSPS) is 15.2. The number of azide groups is 1. The molecule has 1 aromatic heterocycles. The molecule has 0 unspecified atom stereocenters. The van der Waals surface area contributed by atoms with Crippen LogP contribution in [0.1, 0.15) is 19.4 Å². The Hall–Kier alpha value is -2.01. The van der Waals surface area contributed by atoms with Crippen LogP contribution in [-0.2, 0) is 5.54 Å². The maximum absolute atomic E-state index is 8.79. The summed E-state index contributed by atoms with van der Waals surface area (Å²) in [6, 6.07) is 5.61. The first-order chi connectivity index (χ1) is 10.5. The first kappa shape index (κ1) is 14.9. The lowest BCUT2D eigenvalue weighted by Gasteiger charge is -2.29. The van der Waals surface area contributed by atoms with E-state index in [1.807, 2.05) is 26.0 Å². The van der Waals surface area contributed by atoms with Crippen molar-refractivity contribution < 1.29 is 4.74 Å². The van der Waals surface area contributed by atoms with Crippen LogP contribution in [0.3, 0.4) is 0 Å². The number of hydrogen-bond acceptors (Lipinski definition) is 4. The molecule has 0 bridgehead atoms. The third-order valence-electron chi connectivity index (χ3n) is 3.82. The molecule has 0 saturated carbocycles. The monoisotopic (exact) mass is 317 g/mol. The highest BCUT2D eigenvalue weighted by atomic mass is 35.5. The second-order valence-electron chi connectivity index (χ2n) is 5.81. The third kappa shape index (κ3) is 2.68. The van der Waals surface area contributed by atoms with Crippen molar-refractivity contribution in [1.29, 1.82) is 0 Å². The van der Waals surface area contributed by atoms with E-state index >= 15 is 0 Å². The summed E-state index contributed by atoms with van der Waals surface area (Å²) in [5.74, 6) is 0.770. The number of nitrogens with zero attached hydrogens (tertiary/aromatic N) is 4. The second kappa shape index (κ2) is 5.65. The van der Waals surface area contributed by atoms with Crippen LogP contribution < -0.4 is 10.1 Å². The summed E-state index contributed by atoms with van der Waals surface area (Å²) in [7, 11) is 0. The van der Waals surface area contributed by atoms with E-state index in [2.05, 4.69) is 20.3 Å². The molecule has 0 atom stereocenters. The van der Waals surface area contributed by atoms with Gasteiger partial charge in [0.05, 0.1) is 5.54 Å². The van der Waals surface area contributed by atoms with Gasteiger partial charge in [0, 0.05) is 29.6 Å². The van der Waals surface area contributed by atoms with E-state index in [0.717, 1.165) is 35.2 Å². The molecule has 1 aliphatic rings. The van der Waals surface area contributed by atoms with E-state index in [1.165, 1.54) is 0 Å². The number of rotatable bonds is 4. The molecule has 2 heterocycles. The van der Waals surface area contributed by atoms with Gasteiger partial charge in [0.2, 0.25) is 0 Å². The quantitative estimate of drug-likeness (QED) is 0.403. The van der Waals surface area contributed by atoms with Crippen molar-refractivity contribution in [3.63, 3.8) is 0 Å². The summed E-state index contributed by atoms with van der Waals surface area (Å²) in [6.45, 7) is 5.42. The Kier molecular flexibility index (Phi) is 3.83. The largest absolute Gasteiger partial charge is 0.487 e. The molecule has 1 aromatic carbocycles. The average Bonchev–Trinajstić information content (AvgIpc) is 2.42. The van der Waals surface area contributed by atoms with Crippen LogP contribution in [0, 0.1) is 0 Å².